The second-order valence-electron chi connectivity index (χ2n) is 8.06. The summed E-state index contributed by atoms with van der Waals surface area (Å²) in [6.45, 7) is 5.38. The quantitative estimate of drug-likeness (QED) is 0.745. The van der Waals surface area contributed by atoms with Crippen LogP contribution < -0.4 is 14.8 Å². The van der Waals surface area contributed by atoms with Crippen LogP contribution in [0.3, 0.4) is 0 Å². The van der Waals surface area contributed by atoms with Crippen molar-refractivity contribution in [2.24, 2.45) is 0 Å². The van der Waals surface area contributed by atoms with Gasteiger partial charge in [-0.05, 0) is 39.2 Å². The minimum atomic E-state index is -0.652. The third-order valence-electron chi connectivity index (χ3n) is 4.79. The first-order chi connectivity index (χ1) is 13.7. The maximum absolute atomic E-state index is 12.2. The predicted molar refractivity (Wildman–Crippen MR) is 110 cm³/mol. The second kappa shape index (κ2) is 8.55. The fourth-order valence-electron chi connectivity index (χ4n) is 3.39. The number of ether oxygens (including phenoxy) is 2. The third-order valence-corrected chi connectivity index (χ3v) is 4.79. The van der Waals surface area contributed by atoms with Crippen molar-refractivity contribution >= 4 is 11.7 Å². The van der Waals surface area contributed by atoms with Crippen molar-refractivity contribution in [3.8, 4) is 17.2 Å². The number of Topliss-reactive ketones (excluding diaryl/α,β-unsaturated/α-hetero) is 1. The highest BCUT2D eigenvalue weighted by Crippen LogP contribution is 2.40. The number of phenols is 1. The molecule has 29 heavy (non-hydrogen) atoms. The van der Waals surface area contributed by atoms with Crippen LogP contribution in [0.5, 0.6) is 17.2 Å². The Bertz CT molecular complexity index is 892. The van der Waals surface area contributed by atoms with E-state index in [-0.39, 0.29) is 53.6 Å². The summed E-state index contributed by atoms with van der Waals surface area (Å²) in [5, 5.41) is 13.1. The highest BCUT2D eigenvalue weighted by Gasteiger charge is 2.35. The Morgan fingerprint density at radius 1 is 1.28 bits per heavy atom. The molecular formula is C23H27NO5. The molecule has 2 N–H and O–H groups in total. The van der Waals surface area contributed by atoms with E-state index in [1.807, 2.05) is 39.0 Å². The van der Waals surface area contributed by atoms with Gasteiger partial charge in [-0.15, -0.1) is 0 Å². The number of fused-ring (bicyclic) bond motifs is 1. The first-order valence-corrected chi connectivity index (χ1v) is 9.79. The molecule has 2 aromatic rings. The molecule has 0 unspecified atom stereocenters. The normalized spacial score (nSPS) is 15.8. The van der Waals surface area contributed by atoms with E-state index in [4.69, 9.17) is 9.47 Å². The number of phenolic OH excluding ortho intramolecular Hbond substituents is 1. The van der Waals surface area contributed by atoms with Crippen LogP contribution in [0.1, 0.15) is 49.5 Å². The molecule has 6 nitrogen and oxygen atoms in total. The Labute approximate surface area is 170 Å². The van der Waals surface area contributed by atoms with Gasteiger partial charge in [-0.25, -0.2) is 0 Å². The lowest BCUT2D eigenvalue weighted by Crippen LogP contribution is -2.36. The van der Waals surface area contributed by atoms with Crippen LogP contribution in [0.25, 0.3) is 0 Å². The zero-order valence-corrected chi connectivity index (χ0v) is 17.0. The number of hydrogen-bond acceptors (Lipinski definition) is 5. The molecule has 154 valence electrons. The van der Waals surface area contributed by atoms with Gasteiger partial charge in [0.2, 0.25) is 0 Å². The van der Waals surface area contributed by atoms with Crippen molar-refractivity contribution in [1.82, 2.24) is 5.32 Å². The van der Waals surface area contributed by atoms with Gasteiger partial charge in [0.05, 0.1) is 6.42 Å². The summed E-state index contributed by atoms with van der Waals surface area (Å²) in [6.07, 6.45) is 1.89. The van der Waals surface area contributed by atoms with Crippen molar-refractivity contribution in [1.29, 1.82) is 0 Å². The number of amides is 1. The Hall–Kier alpha value is -3.02. The van der Waals surface area contributed by atoms with Crippen LogP contribution in [-0.4, -0.2) is 35.0 Å². The van der Waals surface area contributed by atoms with Gasteiger partial charge >= 0.3 is 0 Å². The average molecular weight is 397 g/mol. The molecule has 3 rings (SSSR count). The van der Waals surface area contributed by atoms with Crippen LogP contribution in [0.15, 0.2) is 42.5 Å². The number of nitrogens with one attached hydrogen (secondary N) is 1. The summed E-state index contributed by atoms with van der Waals surface area (Å²) in [4.78, 5) is 24.4. The number of rotatable bonds is 7. The van der Waals surface area contributed by atoms with Gasteiger partial charge in [0.15, 0.2) is 12.4 Å². The van der Waals surface area contributed by atoms with E-state index in [0.29, 0.717) is 0 Å². The largest absolute Gasteiger partial charge is 0.507 e. The van der Waals surface area contributed by atoms with Crippen molar-refractivity contribution in [2.45, 2.75) is 51.7 Å². The summed E-state index contributed by atoms with van der Waals surface area (Å²) in [5.41, 5.74) is 0.739. The maximum Gasteiger partial charge on any atom is 0.258 e. The number of aromatic hydroxyl groups is 1. The SMILES string of the molecule is C[C@@H](CCc1ccccc1)NC(=O)COc1cc(O)c2c(c1)OC(C)(C)CC2=O. The van der Waals surface area contributed by atoms with E-state index < -0.39 is 5.60 Å². The molecule has 0 spiro atoms. The molecule has 0 bridgehead atoms. The van der Waals surface area contributed by atoms with Crippen molar-refractivity contribution in [3.05, 3.63) is 53.6 Å². The van der Waals surface area contributed by atoms with Crippen LogP contribution in [0.4, 0.5) is 0 Å². The summed E-state index contributed by atoms with van der Waals surface area (Å²) < 4.78 is 11.3. The Morgan fingerprint density at radius 3 is 2.72 bits per heavy atom. The fraction of sp³-hybridized carbons (Fsp3) is 0.391. The van der Waals surface area contributed by atoms with E-state index in [1.54, 1.807) is 6.07 Å². The molecule has 0 aromatic heterocycles. The molecule has 0 saturated heterocycles. The molecule has 1 aliphatic rings. The Morgan fingerprint density at radius 2 is 2.00 bits per heavy atom. The lowest BCUT2D eigenvalue weighted by atomic mass is 9.92. The van der Waals surface area contributed by atoms with E-state index in [1.165, 1.54) is 11.6 Å². The summed E-state index contributed by atoms with van der Waals surface area (Å²) >= 11 is 0. The monoisotopic (exact) mass is 397 g/mol. The number of carbonyl (C=O) groups excluding carboxylic acids is 2. The van der Waals surface area contributed by atoms with E-state index in [2.05, 4.69) is 17.4 Å². The lowest BCUT2D eigenvalue weighted by Gasteiger charge is -2.32. The molecule has 0 saturated carbocycles. The molecule has 0 aliphatic carbocycles. The van der Waals surface area contributed by atoms with Crippen molar-refractivity contribution in [3.63, 3.8) is 0 Å². The van der Waals surface area contributed by atoms with Crippen LogP contribution in [-0.2, 0) is 11.2 Å². The van der Waals surface area contributed by atoms with Gasteiger partial charge in [0, 0.05) is 18.2 Å². The van der Waals surface area contributed by atoms with Crippen molar-refractivity contribution in [2.75, 3.05) is 6.61 Å². The van der Waals surface area contributed by atoms with Gasteiger partial charge < -0.3 is 19.9 Å². The summed E-state index contributed by atoms with van der Waals surface area (Å²) in [5.74, 6) is -0.0725. The topological polar surface area (TPSA) is 84.9 Å². The summed E-state index contributed by atoms with van der Waals surface area (Å²) in [6, 6.07) is 13.0. The van der Waals surface area contributed by atoms with E-state index in [0.717, 1.165) is 12.8 Å². The number of aryl methyl sites for hydroxylation is 1. The van der Waals surface area contributed by atoms with Gasteiger partial charge in [-0.1, -0.05) is 30.3 Å². The van der Waals surface area contributed by atoms with Gasteiger partial charge in [0.1, 0.15) is 28.4 Å². The number of carbonyl (C=O) groups is 2. The summed E-state index contributed by atoms with van der Waals surface area (Å²) in [7, 11) is 0. The Kier molecular flexibility index (Phi) is 6.11. The molecule has 2 aromatic carbocycles. The van der Waals surface area contributed by atoms with E-state index in [9.17, 15) is 14.7 Å². The third kappa shape index (κ3) is 5.50. The minimum Gasteiger partial charge on any atom is -0.507 e. The number of benzene rings is 2. The molecule has 1 amide bonds. The minimum absolute atomic E-state index is 0.00463. The van der Waals surface area contributed by atoms with Crippen LogP contribution in [0, 0.1) is 0 Å². The number of ketones is 1. The smallest absolute Gasteiger partial charge is 0.258 e. The molecule has 0 fully saturated rings. The van der Waals surface area contributed by atoms with Gasteiger partial charge in [0.25, 0.3) is 5.91 Å². The highest BCUT2D eigenvalue weighted by atomic mass is 16.5. The standard InChI is InChI=1S/C23H27NO5/c1-15(9-10-16-7-5-4-6-8-16)24-21(27)14-28-17-11-18(25)22-19(26)13-23(2,3)29-20(22)12-17/h4-8,11-12,15,25H,9-10,13-14H2,1-3H3,(H,24,27)/t15-/m0/s1. The fourth-order valence-corrected chi connectivity index (χ4v) is 3.39. The highest BCUT2D eigenvalue weighted by molar-refractivity contribution is 6.03. The zero-order valence-electron chi connectivity index (χ0n) is 17.0. The first kappa shape index (κ1) is 20.7. The molecule has 6 heteroatoms. The lowest BCUT2D eigenvalue weighted by molar-refractivity contribution is -0.123. The predicted octanol–water partition coefficient (Wildman–Crippen LogP) is 3.65. The van der Waals surface area contributed by atoms with Gasteiger partial charge in [-0.2, -0.15) is 0 Å². The maximum atomic E-state index is 12.2. The molecule has 1 atom stereocenters. The molecule has 0 radical (unpaired) electrons. The zero-order chi connectivity index (χ0) is 21.0. The molecule has 1 heterocycles. The van der Waals surface area contributed by atoms with E-state index >= 15 is 0 Å². The second-order valence-corrected chi connectivity index (χ2v) is 8.06. The van der Waals surface area contributed by atoms with Crippen LogP contribution >= 0.6 is 0 Å². The first-order valence-electron chi connectivity index (χ1n) is 9.79. The van der Waals surface area contributed by atoms with Crippen LogP contribution in [0.2, 0.25) is 0 Å². The molecule has 1 aliphatic heterocycles. The van der Waals surface area contributed by atoms with Crippen molar-refractivity contribution < 1.29 is 24.2 Å². The van der Waals surface area contributed by atoms with Gasteiger partial charge in [-0.3, -0.25) is 9.59 Å². The Balaban J connectivity index is 1.54. The molecular weight excluding hydrogens is 370 g/mol. The average Bonchev–Trinajstić information content (AvgIpc) is 2.64. The number of hydrogen-bond donors (Lipinski definition) is 2.